The first-order valence-electron chi connectivity index (χ1n) is 6.73. The second-order valence-electron chi connectivity index (χ2n) is 4.93. The van der Waals surface area contributed by atoms with Crippen molar-refractivity contribution in [3.8, 4) is 5.75 Å². The number of hydrogen-bond donors (Lipinski definition) is 1. The van der Waals surface area contributed by atoms with Gasteiger partial charge in [-0.2, -0.15) is 0 Å². The first kappa shape index (κ1) is 14.9. The Bertz CT molecular complexity index is 536. The normalized spacial score (nSPS) is 13.8. The summed E-state index contributed by atoms with van der Waals surface area (Å²) in [7, 11) is 1.67. The Kier molecular flexibility index (Phi) is 5.10. The van der Waals surface area contributed by atoms with Gasteiger partial charge in [-0.25, -0.2) is 0 Å². The van der Waals surface area contributed by atoms with Crippen LogP contribution in [0.2, 0.25) is 0 Å². The third-order valence-electron chi connectivity index (χ3n) is 3.35. The molecule has 2 N–H and O–H groups in total. The SMILES string of the molecule is COc1ccc(C(N)C(C)Sc2ccc(C)cc2)cc1. The van der Waals surface area contributed by atoms with Crippen LogP contribution in [0.4, 0.5) is 0 Å². The minimum absolute atomic E-state index is 0.00668. The van der Waals surface area contributed by atoms with Gasteiger partial charge in [-0.1, -0.05) is 36.8 Å². The Morgan fingerprint density at radius 2 is 1.60 bits per heavy atom. The van der Waals surface area contributed by atoms with E-state index < -0.39 is 0 Å². The molecule has 3 heteroatoms. The highest BCUT2D eigenvalue weighted by atomic mass is 32.2. The number of thioether (sulfide) groups is 1. The smallest absolute Gasteiger partial charge is 0.118 e. The van der Waals surface area contributed by atoms with Crippen molar-refractivity contribution in [2.24, 2.45) is 5.73 Å². The predicted octanol–water partition coefficient (Wildman–Crippen LogP) is 4.18. The van der Waals surface area contributed by atoms with E-state index in [0.29, 0.717) is 5.25 Å². The van der Waals surface area contributed by atoms with Crippen LogP contribution in [0.15, 0.2) is 53.4 Å². The van der Waals surface area contributed by atoms with E-state index in [4.69, 9.17) is 10.5 Å². The van der Waals surface area contributed by atoms with Crippen molar-refractivity contribution in [3.05, 3.63) is 59.7 Å². The summed E-state index contributed by atoms with van der Waals surface area (Å²) in [5.41, 5.74) is 8.76. The minimum atomic E-state index is 0.00668. The fourth-order valence-corrected chi connectivity index (χ4v) is 3.03. The largest absolute Gasteiger partial charge is 0.497 e. The maximum absolute atomic E-state index is 6.35. The van der Waals surface area contributed by atoms with E-state index in [1.165, 1.54) is 10.5 Å². The maximum atomic E-state index is 6.35. The summed E-state index contributed by atoms with van der Waals surface area (Å²) in [5, 5.41) is 0.311. The van der Waals surface area contributed by atoms with E-state index in [2.05, 4.69) is 38.1 Å². The number of methoxy groups -OCH3 is 1. The lowest BCUT2D eigenvalue weighted by molar-refractivity contribution is 0.414. The molecule has 2 atom stereocenters. The van der Waals surface area contributed by atoms with E-state index in [1.54, 1.807) is 7.11 Å². The van der Waals surface area contributed by atoms with Crippen LogP contribution in [0.25, 0.3) is 0 Å². The number of aryl methyl sites for hydroxylation is 1. The van der Waals surface area contributed by atoms with Crippen LogP contribution >= 0.6 is 11.8 Å². The summed E-state index contributed by atoms with van der Waals surface area (Å²) < 4.78 is 5.17. The van der Waals surface area contributed by atoms with Gasteiger partial charge in [0, 0.05) is 16.2 Å². The number of ether oxygens (including phenoxy) is 1. The van der Waals surface area contributed by atoms with Crippen molar-refractivity contribution in [1.82, 2.24) is 0 Å². The van der Waals surface area contributed by atoms with Gasteiger partial charge in [0.05, 0.1) is 7.11 Å². The predicted molar refractivity (Wildman–Crippen MR) is 86.4 cm³/mol. The zero-order valence-electron chi connectivity index (χ0n) is 12.2. The second-order valence-corrected chi connectivity index (χ2v) is 6.39. The summed E-state index contributed by atoms with van der Waals surface area (Å²) in [6.07, 6.45) is 0. The number of hydrogen-bond acceptors (Lipinski definition) is 3. The summed E-state index contributed by atoms with van der Waals surface area (Å²) >= 11 is 1.81. The van der Waals surface area contributed by atoms with Crippen LogP contribution in [0.1, 0.15) is 24.1 Å². The molecule has 0 bridgehead atoms. The fraction of sp³-hybridized carbons (Fsp3) is 0.294. The molecule has 0 aliphatic heterocycles. The molecule has 106 valence electrons. The van der Waals surface area contributed by atoms with Crippen LogP contribution in [-0.2, 0) is 0 Å². The zero-order valence-corrected chi connectivity index (χ0v) is 13.0. The number of nitrogens with two attached hydrogens (primary N) is 1. The molecule has 2 aromatic carbocycles. The molecule has 2 aromatic rings. The van der Waals surface area contributed by atoms with E-state index in [9.17, 15) is 0 Å². The van der Waals surface area contributed by atoms with Gasteiger partial charge in [0.25, 0.3) is 0 Å². The third kappa shape index (κ3) is 3.78. The van der Waals surface area contributed by atoms with Crippen LogP contribution in [0.3, 0.4) is 0 Å². The average Bonchev–Trinajstić information content (AvgIpc) is 2.49. The fourth-order valence-electron chi connectivity index (χ4n) is 2.00. The van der Waals surface area contributed by atoms with E-state index >= 15 is 0 Å². The quantitative estimate of drug-likeness (QED) is 0.838. The molecule has 20 heavy (non-hydrogen) atoms. The topological polar surface area (TPSA) is 35.2 Å². The van der Waals surface area contributed by atoms with E-state index in [-0.39, 0.29) is 6.04 Å². The van der Waals surface area contributed by atoms with Crippen molar-refractivity contribution in [2.45, 2.75) is 30.0 Å². The van der Waals surface area contributed by atoms with Crippen molar-refractivity contribution in [3.63, 3.8) is 0 Å². The van der Waals surface area contributed by atoms with E-state index in [0.717, 1.165) is 11.3 Å². The molecule has 2 rings (SSSR count). The average molecular weight is 287 g/mol. The van der Waals surface area contributed by atoms with Crippen molar-refractivity contribution >= 4 is 11.8 Å². The van der Waals surface area contributed by atoms with Crippen molar-refractivity contribution < 1.29 is 4.74 Å². The molecular weight excluding hydrogens is 266 g/mol. The van der Waals surface area contributed by atoms with Crippen molar-refractivity contribution in [1.29, 1.82) is 0 Å². The minimum Gasteiger partial charge on any atom is -0.497 e. The summed E-state index contributed by atoms with van der Waals surface area (Å²) in [6.45, 7) is 4.26. The molecule has 2 unspecified atom stereocenters. The highest BCUT2D eigenvalue weighted by Crippen LogP contribution is 2.31. The molecule has 0 radical (unpaired) electrons. The maximum Gasteiger partial charge on any atom is 0.118 e. The molecule has 0 amide bonds. The molecule has 0 fully saturated rings. The first-order chi connectivity index (χ1) is 9.60. The van der Waals surface area contributed by atoms with Crippen molar-refractivity contribution in [2.75, 3.05) is 7.11 Å². The Morgan fingerprint density at radius 1 is 1.00 bits per heavy atom. The molecule has 0 aromatic heterocycles. The van der Waals surface area contributed by atoms with Crippen LogP contribution < -0.4 is 10.5 Å². The molecular formula is C17H21NOS. The Balaban J connectivity index is 2.03. The lowest BCUT2D eigenvalue weighted by Crippen LogP contribution is -2.20. The summed E-state index contributed by atoms with van der Waals surface area (Å²) in [4.78, 5) is 1.26. The monoisotopic (exact) mass is 287 g/mol. The lowest BCUT2D eigenvalue weighted by atomic mass is 10.1. The van der Waals surface area contributed by atoms with Gasteiger partial charge in [-0.3, -0.25) is 0 Å². The number of rotatable bonds is 5. The van der Waals surface area contributed by atoms with Crippen LogP contribution in [-0.4, -0.2) is 12.4 Å². The Morgan fingerprint density at radius 3 is 2.15 bits per heavy atom. The van der Waals surface area contributed by atoms with Gasteiger partial charge in [0.15, 0.2) is 0 Å². The standard InChI is InChI=1S/C17H21NOS/c1-12-4-10-16(11-5-12)20-13(2)17(18)14-6-8-15(19-3)9-7-14/h4-11,13,17H,18H2,1-3H3. The summed E-state index contributed by atoms with van der Waals surface area (Å²) in [6, 6.07) is 16.6. The molecule has 0 heterocycles. The van der Waals surface area contributed by atoms with Gasteiger partial charge in [-0.05, 0) is 36.8 Å². The Labute approximate surface area is 125 Å². The van der Waals surface area contributed by atoms with Crippen LogP contribution in [0.5, 0.6) is 5.75 Å². The molecule has 0 saturated heterocycles. The summed E-state index contributed by atoms with van der Waals surface area (Å²) in [5.74, 6) is 0.861. The highest BCUT2D eigenvalue weighted by Gasteiger charge is 2.16. The van der Waals surface area contributed by atoms with Gasteiger partial charge < -0.3 is 10.5 Å². The Hall–Kier alpha value is -1.45. The lowest BCUT2D eigenvalue weighted by Gasteiger charge is -2.20. The molecule has 0 spiro atoms. The van der Waals surface area contributed by atoms with Gasteiger partial charge in [-0.15, -0.1) is 11.8 Å². The van der Waals surface area contributed by atoms with Crippen LogP contribution in [0, 0.1) is 6.92 Å². The molecule has 0 saturated carbocycles. The molecule has 0 aliphatic rings. The highest BCUT2D eigenvalue weighted by molar-refractivity contribution is 8.00. The van der Waals surface area contributed by atoms with E-state index in [1.807, 2.05) is 36.0 Å². The third-order valence-corrected chi connectivity index (χ3v) is 4.56. The second kappa shape index (κ2) is 6.82. The zero-order chi connectivity index (χ0) is 14.5. The van der Waals surface area contributed by atoms with Gasteiger partial charge in [0.1, 0.15) is 5.75 Å². The first-order valence-corrected chi connectivity index (χ1v) is 7.61. The van der Waals surface area contributed by atoms with Gasteiger partial charge >= 0.3 is 0 Å². The number of benzene rings is 2. The molecule has 2 nitrogen and oxygen atoms in total. The molecule has 0 aliphatic carbocycles. The van der Waals surface area contributed by atoms with Gasteiger partial charge in [0.2, 0.25) is 0 Å².